The van der Waals surface area contributed by atoms with Crippen molar-refractivity contribution >= 4 is 112 Å². The first-order chi connectivity index (χ1) is 13.7. The summed E-state index contributed by atoms with van der Waals surface area (Å²) in [5.41, 5.74) is 1.82. The highest BCUT2D eigenvalue weighted by molar-refractivity contribution is 14.1. The van der Waals surface area contributed by atoms with E-state index < -0.39 is 5.97 Å². The van der Waals surface area contributed by atoms with Crippen molar-refractivity contribution in [2.45, 2.75) is 0 Å². The van der Waals surface area contributed by atoms with Crippen LogP contribution in [0.5, 0.6) is 5.75 Å². The Morgan fingerprint density at radius 3 is 2.52 bits per heavy atom. The van der Waals surface area contributed by atoms with Gasteiger partial charge in [-0.3, -0.25) is 4.79 Å². The Morgan fingerprint density at radius 2 is 1.90 bits per heavy atom. The molecule has 3 aromatic rings. The smallest absolute Gasteiger partial charge is 0.339 e. The van der Waals surface area contributed by atoms with E-state index in [0.29, 0.717) is 25.4 Å². The van der Waals surface area contributed by atoms with Crippen LogP contribution >= 0.6 is 95.0 Å². The molecule has 0 atom stereocenters. The molecule has 0 aliphatic carbocycles. The van der Waals surface area contributed by atoms with Crippen molar-refractivity contribution in [2.24, 2.45) is 0 Å². The van der Waals surface area contributed by atoms with Crippen molar-refractivity contribution in [3.05, 3.63) is 62.0 Å². The first-order valence-corrected chi connectivity index (χ1v) is 12.8. The fourth-order valence-corrected chi connectivity index (χ4v) is 6.59. The molecule has 150 valence electrons. The summed E-state index contributed by atoms with van der Waals surface area (Å²) in [5, 5.41) is 14.6. The van der Waals surface area contributed by atoms with E-state index in [9.17, 15) is 14.7 Å². The fourth-order valence-electron chi connectivity index (χ4n) is 2.63. The number of hydrogen-bond donors (Lipinski definition) is 2. The second-order valence-electron chi connectivity index (χ2n) is 5.69. The SMILES string of the molecule is COc1c(I)c(I)cc(C(=O)Nc2scc(-c3cccc(Br)c3)c2C(=O)O)c1I. The van der Waals surface area contributed by atoms with Gasteiger partial charge >= 0.3 is 5.97 Å². The van der Waals surface area contributed by atoms with Crippen molar-refractivity contribution in [2.75, 3.05) is 12.4 Å². The van der Waals surface area contributed by atoms with E-state index in [-0.39, 0.29) is 11.5 Å². The van der Waals surface area contributed by atoms with Gasteiger partial charge in [-0.05, 0) is 91.5 Å². The van der Waals surface area contributed by atoms with Crippen LogP contribution in [0.2, 0.25) is 0 Å². The Balaban J connectivity index is 2.03. The molecule has 1 amide bonds. The minimum Gasteiger partial charge on any atom is -0.494 e. The minimum atomic E-state index is -1.10. The molecule has 2 N–H and O–H groups in total. The van der Waals surface area contributed by atoms with E-state index >= 15 is 0 Å². The lowest BCUT2D eigenvalue weighted by Crippen LogP contribution is -2.16. The number of anilines is 1. The normalized spacial score (nSPS) is 10.7. The van der Waals surface area contributed by atoms with Gasteiger partial charge in [0, 0.05) is 19.0 Å². The Morgan fingerprint density at radius 1 is 1.17 bits per heavy atom. The summed E-state index contributed by atoms with van der Waals surface area (Å²) in [6.45, 7) is 0. The van der Waals surface area contributed by atoms with Gasteiger partial charge in [-0.1, -0.05) is 28.1 Å². The van der Waals surface area contributed by atoms with Crippen molar-refractivity contribution < 1.29 is 19.4 Å². The number of carboxylic acids is 1. The van der Waals surface area contributed by atoms with Crippen LogP contribution in [0.3, 0.4) is 0 Å². The molecule has 0 aliphatic rings. The summed E-state index contributed by atoms with van der Waals surface area (Å²) >= 11 is 11.0. The van der Waals surface area contributed by atoms with Crippen LogP contribution in [0.25, 0.3) is 11.1 Å². The van der Waals surface area contributed by atoms with Crippen LogP contribution in [-0.4, -0.2) is 24.1 Å². The predicted octanol–water partition coefficient (Wildman–Crippen LogP) is 6.95. The molecule has 0 spiro atoms. The molecular weight excluding hydrogens is 799 g/mol. The van der Waals surface area contributed by atoms with E-state index in [1.54, 1.807) is 18.6 Å². The number of methoxy groups -OCH3 is 1. The van der Waals surface area contributed by atoms with Gasteiger partial charge in [0.2, 0.25) is 0 Å². The van der Waals surface area contributed by atoms with Crippen molar-refractivity contribution in [1.82, 2.24) is 0 Å². The number of ether oxygens (including phenoxy) is 1. The van der Waals surface area contributed by atoms with Crippen LogP contribution in [0.1, 0.15) is 20.7 Å². The molecule has 10 heteroatoms. The number of halogens is 4. The summed E-state index contributed by atoms with van der Waals surface area (Å²) in [4.78, 5) is 24.9. The number of hydrogen-bond acceptors (Lipinski definition) is 4. The third kappa shape index (κ3) is 4.91. The standard InChI is InChI=1S/C19H11BrI3NO4S/c1-28-16-14(22)10(6-12(21)15(16)23)17(25)24-18-13(19(26)27)11(7-29-18)8-3-2-4-9(20)5-8/h2-7H,1H3,(H,24,25)(H,26,27). The number of rotatable bonds is 5. The molecule has 0 saturated carbocycles. The third-order valence-corrected chi connectivity index (χ3v) is 9.35. The lowest BCUT2D eigenvalue weighted by molar-refractivity contribution is 0.0699. The van der Waals surface area contributed by atoms with E-state index in [4.69, 9.17) is 4.74 Å². The van der Waals surface area contributed by atoms with Crippen molar-refractivity contribution in [3.63, 3.8) is 0 Å². The molecule has 5 nitrogen and oxygen atoms in total. The molecular formula is C19H11BrI3NO4S. The number of carboxylic acid groups (broad SMARTS) is 1. The minimum absolute atomic E-state index is 0.0728. The molecule has 1 aromatic heterocycles. The largest absolute Gasteiger partial charge is 0.494 e. The monoisotopic (exact) mass is 809 g/mol. The van der Waals surface area contributed by atoms with Crippen LogP contribution in [-0.2, 0) is 0 Å². The third-order valence-electron chi connectivity index (χ3n) is 3.93. The molecule has 0 unspecified atom stereocenters. The first-order valence-electron chi connectivity index (χ1n) is 7.88. The van der Waals surface area contributed by atoms with Crippen LogP contribution in [0.15, 0.2) is 40.2 Å². The molecule has 0 radical (unpaired) electrons. The lowest BCUT2D eigenvalue weighted by atomic mass is 10.0. The second-order valence-corrected chi connectivity index (χ2v) is 10.8. The maximum atomic E-state index is 13.0. The summed E-state index contributed by atoms with van der Waals surface area (Å²) in [6.07, 6.45) is 0. The van der Waals surface area contributed by atoms with Gasteiger partial charge in [0.15, 0.2) is 0 Å². The van der Waals surface area contributed by atoms with Gasteiger partial charge in [-0.25, -0.2) is 4.79 Å². The Kier molecular flexibility index (Phi) is 7.83. The quantitative estimate of drug-likeness (QED) is 0.216. The highest BCUT2D eigenvalue weighted by Crippen LogP contribution is 2.38. The Hall–Kier alpha value is -0.450. The highest BCUT2D eigenvalue weighted by atomic mass is 127. The van der Waals surface area contributed by atoms with Gasteiger partial charge < -0.3 is 15.2 Å². The number of carbonyl (C=O) groups is 2. The van der Waals surface area contributed by atoms with E-state index in [1.807, 2.05) is 24.3 Å². The number of carbonyl (C=O) groups excluding carboxylic acids is 1. The number of benzene rings is 2. The number of aromatic carboxylic acids is 1. The van der Waals surface area contributed by atoms with Gasteiger partial charge in [-0.2, -0.15) is 0 Å². The Bertz CT molecular complexity index is 1130. The summed E-state index contributed by atoms with van der Waals surface area (Å²) in [7, 11) is 1.56. The van der Waals surface area contributed by atoms with Gasteiger partial charge in [0.25, 0.3) is 5.91 Å². The highest BCUT2D eigenvalue weighted by Gasteiger charge is 2.24. The van der Waals surface area contributed by atoms with E-state index in [0.717, 1.165) is 17.2 Å². The average molecular weight is 810 g/mol. The van der Waals surface area contributed by atoms with Crippen LogP contribution in [0.4, 0.5) is 5.00 Å². The van der Waals surface area contributed by atoms with Crippen molar-refractivity contribution in [1.29, 1.82) is 0 Å². The van der Waals surface area contributed by atoms with E-state index in [1.165, 1.54) is 11.3 Å². The zero-order valence-electron chi connectivity index (χ0n) is 14.6. The number of amides is 1. The summed E-state index contributed by atoms with van der Waals surface area (Å²) in [6, 6.07) is 9.15. The van der Waals surface area contributed by atoms with Gasteiger partial charge in [-0.15, -0.1) is 11.3 Å². The zero-order chi connectivity index (χ0) is 21.3. The summed E-state index contributed by atoms with van der Waals surface area (Å²) < 4.78 is 8.76. The first kappa shape index (κ1) is 23.2. The maximum absolute atomic E-state index is 13.0. The number of thiophene rings is 1. The average Bonchev–Trinajstić information content (AvgIpc) is 3.09. The molecule has 29 heavy (non-hydrogen) atoms. The second kappa shape index (κ2) is 9.78. The molecule has 1 heterocycles. The lowest BCUT2D eigenvalue weighted by Gasteiger charge is -2.13. The van der Waals surface area contributed by atoms with Crippen molar-refractivity contribution in [3.8, 4) is 16.9 Å². The summed E-state index contributed by atoms with van der Waals surface area (Å²) in [5.74, 6) is -0.851. The fraction of sp³-hybridized carbons (Fsp3) is 0.0526. The topological polar surface area (TPSA) is 75.6 Å². The van der Waals surface area contributed by atoms with Crippen LogP contribution < -0.4 is 10.1 Å². The Labute approximate surface area is 220 Å². The molecule has 0 saturated heterocycles. The molecule has 2 aromatic carbocycles. The number of nitrogens with one attached hydrogen (secondary N) is 1. The van der Waals surface area contributed by atoms with Gasteiger partial charge in [0.1, 0.15) is 16.3 Å². The maximum Gasteiger partial charge on any atom is 0.339 e. The van der Waals surface area contributed by atoms with Gasteiger partial charge in [0.05, 0.1) is 19.8 Å². The van der Waals surface area contributed by atoms with Crippen LogP contribution in [0, 0.1) is 10.7 Å². The molecule has 3 rings (SSSR count). The predicted molar refractivity (Wildman–Crippen MR) is 144 cm³/mol. The molecule has 0 bridgehead atoms. The molecule has 0 fully saturated rings. The molecule has 0 aliphatic heterocycles. The zero-order valence-corrected chi connectivity index (χ0v) is 23.4. The van der Waals surface area contributed by atoms with E-state index in [2.05, 4.69) is 89.0 Å².